The zero-order chi connectivity index (χ0) is 32.7. The molecule has 4 aromatic carbocycles. The third-order valence-electron chi connectivity index (χ3n) is 6.87. The number of carbonyl (C=O) groups is 2. The molecule has 0 aliphatic heterocycles. The summed E-state index contributed by atoms with van der Waals surface area (Å²) in [5, 5.41) is 3.66. The third-order valence-corrected chi connectivity index (χ3v) is 10.0. The number of anilines is 1. The molecular formula is C33H31Cl4N3O4S. The molecule has 1 N–H and O–H groups in total. The van der Waals surface area contributed by atoms with E-state index in [9.17, 15) is 18.0 Å². The quantitative estimate of drug-likeness (QED) is 0.164. The van der Waals surface area contributed by atoms with Gasteiger partial charge in [0.25, 0.3) is 10.0 Å². The van der Waals surface area contributed by atoms with Crippen molar-refractivity contribution in [2.75, 3.05) is 10.8 Å². The first-order valence-electron chi connectivity index (χ1n) is 14.0. The Bertz CT molecular complexity index is 1760. The van der Waals surface area contributed by atoms with Crippen LogP contribution in [0.25, 0.3) is 0 Å². The first kappa shape index (κ1) is 34.6. The van der Waals surface area contributed by atoms with Crippen molar-refractivity contribution in [3.05, 3.63) is 128 Å². The first-order chi connectivity index (χ1) is 21.4. The summed E-state index contributed by atoms with van der Waals surface area (Å²) >= 11 is 25.5. The summed E-state index contributed by atoms with van der Waals surface area (Å²) in [6, 6.07) is 25.0. The van der Waals surface area contributed by atoms with Crippen LogP contribution in [0.3, 0.4) is 0 Å². The van der Waals surface area contributed by atoms with E-state index in [4.69, 9.17) is 46.4 Å². The number of nitrogens with one attached hydrogen (secondary N) is 1. The average molecular weight is 708 g/mol. The second-order valence-electron chi connectivity index (χ2n) is 10.5. The number of rotatable bonds is 12. The molecule has 2 amide bonds. The van der Waals surface area contributed by atoms with Gasteiger partial charge in [0.05, 0.1) is 20.6 Å². The zero-order valence-corrected chi connectivity index (χ0v) is 28.3. The predicted molar refractivity (Wildman–Crippen MR) is 182 cm³/mol. The van der Waals surface area contributed by atoms with Crippen molar-refractivity contribution in [3.8, 4) is 0 Å². The fourth-order valence-corrected chi connectivity index (χ4v) is 7.05. The fraction of sp³-hybridized carbons (Fsp3) is 0.212. The lowest BCUT2D eigenvalue weighted by molar-refractivity contribution is -0.140. The summed E-state index contributed by atoms with van der Waals surface area (Å²) in [7, 11) is -4.33. The minimum absolute atomic E-state index is 0.0112. The molecule has 0 aliphatic rings. The van der Waals surface area contributed by atoms with Crippen LogP contribution in [0.1, 0.15) is 25.0 Å². The summed E-state index contributed by atoms with van der Waals surface area (Å²) in [5.41, 5.74) is 1.33. The Morgan fingerprint density at radius 3 is 2.07 bits per heavy atom. The van der Waals surface area contributed by atoms with Crippen LogP contribution in [0.4, 0.5) is 5.69 Å². The van der Waals surface area contributed by atoms with Crippen molar-refractivity contribution in [1.82, 2.24) is 10.2 Å². The Labute approximate surface area is 283 Å². The van der Waals surface area contributed by atoms with Crippen LogP contribution >= 0.6 is 46.4 Å². The SMILES string of the molecule is CC(C)NC(=O)[C@@H](Cc1ccccc1)N(Cc1ccc(Cl)cc1Cl)C(=O)CN(c1cccc(Cl)c1Cl)S(=O)(=O)c1ccccc1. The van der Waals surface area contributed by atoms with Crippen LogP contribution in [-0.4, -0.2) is 43.8 Å². The van der Waals surface area contributed by atoms with E-state index in [1.165, 1.54) is 29.2 Å². The number of sulfonamides is 1. The van der Waals surface area contributed by atoms with Crippen LogP contribution in [0.2, 0.25) is 20.1 Å². The second-order valence-corrected chi connectivity index (χ2v) is 14.0. The smallest absolute Gasteiger partial charge is 0.264 e. The van der Waals surface area contributed by atoms with E-state index < -0.39 is 34.4 Å². The number of amides is 2. The molecule has 0 spiro atoms. The number of hydrogen-bond acceptors (Lipinski definition) is 4. The lowest BCUT2D eigenvalue weighted by Gasteiger charge is -2.34. The van der Waals surface area contributed by atoms with Crippen LogP contribution in [0.5, 0.6) is 0 Å². The van der Waals surface area contributed by atoms with Gasteiger partial charge in [0.15, 0.2) is 0 Å². The van der Waals surface area contributed by atoms with E-state index in [2.05, 4.69) is 5.32 Å². The van der Waals surface area contributed by atoms with E-state index in [0.717, 1.165) is 9.87 Å². The van der Waals surface area contributed by atoms with Crippen molar-refractivity contribution in [2.45, 2.75) is 43.8 Å². The molecule has 0 bridgehead atoms. The molecule has 0 unspecified atom stereocenters. The van der Waals surface area contributed by atoms with Crippen LogP contribution in [0.15, 0.2) is 102 Å². The molecule has 4 aromatic rings. The van der Waals surface area contributed by atoms with Gasteiger partial charge in [-0.1, -0.05) is 107 Å². The van der Waals surface area contributed by atoms with Crippen LogP contribution in [-0.2, 0) is 32.6 Å². The maximum atomic E-state index is 14.5. The van der Waals surface area contributed by atoms with Crippen molar-refractivity contribution >= 4 is 73.9 Å². The summed E-state index contributed by atoms with van der Waals surface area (Å²) in [6.45, 7) is 2.83. The number of benzene rings is 4. The van der Waals surface area contributed by atoms with Crippen molar-refractivity contribution in [2.24, 2.45) is 0 Å². The normalized spacial score (nSPS) is 12.1. The van der Waals surface area contributed by atoms with Gasteiger partial charge in [0, 0.05) is 29.1 Å². The van der Waals surface area contributed by atoms with Gasteiger partial charge >= 0.3 is 0 Å². The molecule has 12 heteroatoms. The standard InChI is InChI=1S/C33H31Cl4N3O4S/c1-22(2)38-33(42)30(18-23-10-5-3-6-11-23)39(20-24-16-17-25(34)19-28(24)36)31(41)21-40(29-15-9-14-27(35)32(29)37)45(43,44)26-12-7-4-8-13-26/h3-17,19,22,30H,18,20-21H2,1-2H3,(H,38,42)/t30-/m1/s1. The predicted octanol–water partition coefficient (Wildman–Crippen LogP) is 7.66. The minimum Gasteiger partial charge on any atom is -0.352 e. The molecule has 0 radical (unpaired) electrons. The summed E-state index contributed by atoms with van der Waals surface area (Å²) < 4.78 is 29.1. The summed E-state index contributed by atoms with van der Waals surface area (Å²) in [5.74, 6) is -1.08. The van der Waals surface area contributed by atoms with Gasteiger partial charge in [0.2, 0.25) is 11.8 Å². The largest absolute Gasteiger partial charge is 0.352 e. The molecule has 7 nitrogen and oxygen atoms in total. The Morgan fingerprint density at radius 1 is 0.800 bits per heavy atom. The van der Waals surface area contributed by atoms with Gasteiger partial charge in [-0.3, -0.25) is 13.9 Å². The van der Waals surface area contributed by atoms with E-state index in [1.807, 2.05) is 44.2 Å². The second kappa shape index (κ2) is 15.3. The average Bonchev–Trinajstić information content (AvgIpc) is 3.00. The number of hydrogen-bond donors (Lipinski definition) is 1. The van der Waals surface area contributed by atoms with Gasteiger partial charge in [-0.15, -0.1) is 0 Å². The third kappa shape index (κ3) is 8.71. The molecule has 0 heterocycles. The van der Waals surface area contributed by atoms with E-state index in [-0.39, 0.29) is 44.7 Å². The number of halogens is 4. The molecule has 1 atom stereocenters. The van der Waals surface area contributed by atoms with Crippen LogP contribution < -0.4 is 9.62 Å². The number of nitrogens with zero attached hydrogens (tertiary/aromatic N) is 2. The van der Waals surface area contributed by atoms with E-state index in [1.54, 1.807) is 42.5 Å². The fourth-order valence-electron chi connectivity index (χ4n) is 4.69. The molecule has 0 saturated heterocycles. The monoisotopic (exact) mass is 705 g/mol. The first-order valence-corrected chi connectivity index (χ1v) is 16.9. The van der Waals surface area contributed by atoms with Crippen LogP contribution in [0, 0.1) is 0 Å². The van der Waals surface area contributed by atoms with Crippen molar-refractivity contribution in [3.63, 3.8) is 0 Å². The molecule has 0 fully saturated rings. The Kier molecular flexibility index (Phi) is 11.8. The van der Waals surface area contributed by atoms with E-state index in [0.29, 0.717) is 10.6 Å². The van der Waals surface area contributed by atoms with Gasteiger partial charge in [-0.2, -0.15) is 0 Å². The van der Waals surface area contributed by atoms with Gasteiger partial charge in [0.1, 0.15) is 12.6 Å². The van der Waals surface area contributed by atoms with Crippen molar-refractivity contribution < 1.29 is 18.0 Å². The molecular weight excluding hydrogens is 676 g/mol. The molecule has 4 rings (SSSR count). The summed E-state index contributed by atoms with van der Waals surface area (Å²) in [6.07, 6.45) is 0.152. The highest BCUT2D eigenvalue weighted by atomic mass is 35.5. The maximum absolute atomic E-state index is 14.5. The molecule has 0 saturated carbocycles. The zero-order valence-electron chi connectivity index (χ0n) is 24.5. The van der Waals surface area contributed by atoms with Gasteiger partial charge < -0.3 is 10.2 Å². The molecule has 0 aliphatic carbocycles. The Morgan fingerprint density at radius 2 is 1.44 bits per heavy atom. The topological polar surface area (TPSA) is 86.8 Å². The van der Waals surface area contributed by atoms with E-state index >= 15 is 0 Å². The lowest BCUT2D eigenvalue weighted by Crippen LogP contribution is -2.54. The van der Waals surface area contributed by atoms with Gasteiger partial charge in [-0.05, 0) is 61.4 Å². The molecule has 0 aromatic heterocycles. The van der Waals surface area contributed by atoms with Gasteiger partial charge in [-0.25, -0.2) is 8.42 Å². The Balaban J connectivity index is 1.85. The highest BCUT2D eigenvalue weighted by Gasteiger charge is 2.36. The highest BCUT2D eigenvalue weighted by Crippen LogP contribution is 2.36. The number of carbonyl (C=O) groups excluding carboxylic acids is 2. The minimum atomic E-state index is -4.33. The Hall–Kier alpha value is -3.27. The van der Waals surface area contributed by atoms with Crippen molar-refractivity contribution in [1.29, 1.82) is 0 Å². The summed E-state index contributed by atoms with van der Waals surface area (Å²) in [4.78, 5) is 29.6. The maximum Gasteiger partial charge on any atom is 0.264 e. The highest BCUT2D eigenvalue weighted by molar-refractivity contribution is 7.92. The lowest BCUT2D eigenvalue weighted by atomic mass is 10.0. The molecule has 45 heavy (non-hydrogen) atoms. The molecule has 236 valence electrons.